The van der Waals surface area contributed by atoms with Gasteiger partial charge in [-0.15, -0.1) is 12.4 Å². The maximum absolute atomic E-state index is 13.4. The smallest absolute Gasteiger partial charge is 0.127 e. The summed E-state index contributed by atoms with van der Waals surface area (Å²) in [7, 11) is 1.53. The molecule has 4 nitrogen and oxygen atoms in total. The predicted molar refractivity (Wildman–Crippen MR) is 75.1 cm³/mol. The van der Waals surface area contributed by atoms with Crippen LogP contribution in [0.5, 0.6) is 11.5 Å². The molecule has 1 heterocycles. The van der Waals surface area contributed by atoms with Crippen molar-refractivity contribution in [1.82, 2.24) is 10.2 Å². The van der Waals surface area contributed by atoms with Gasteiger partial charge in [0.15, 0.2) is 0 Å². The molecule has 2 N–H and O–H groups in total. The fourth-order valence-corrected chi connectivity index (χ4v) is 2.40. The van der Waals surface area contributed by atoms with E-state index in [0.29, 0.717) is 11.3 Å². The number of aromatic hydroxyl groups is 1. The Hall–Kier alpha value is -1.04. The topological polar surface area (TPSA) is 44.7 Å². The van der Waals surface area contributed by atoms with Gasteiger partial charge in [-0.25, -0.2) is 4.39 Å². The summed E-state index contributed by atoms with van der Waals surface area (Å²) in [5.41, 5.74) is 0.546. The third kappa shape index (κ3) is 3.49. The molecule has 1 aromatic rings. The van der Waals surface area contributed by atoms with Crippen LogP contribution in [0.15, 0.2) is 18.2 Å². The summed E-state index contributed by atoms with van der Waals surface area (Å²) in [6.07, 6.45) is 0. The Labute approximate surface area is 119 Å². The summed E-state index contributed by atoms with van der Waals surface area (Å²) in [6.45, 7) is 2.69. The van der Waals surface area contributed by atoms with Gasteiger partial charge in [0.2, 0.25) is 0 Å². The van der Waals surface area contributed by atoms with E-state index in [2.05, 4.69) is 5.32 Å². The van der Waals surface area contributed by atoms with Crippen molar-refractivity contribution in [3.8, 4) is 11.5 Å². The molecule has 0 spiro atoms. The molecule has 1 aliphatic heterocycles. The second-order valence-electron chi connectivity index (χ2n) is 4.35. The third-order valence-corrected chi connectivity index (χ3v) is 3.33. The highest BCUT2D eigenvalue weighted by Gasteiger charge is 2.27. The molecular weight excluding hydrogens is 271 g/mol. The van der Waals surface area contributed by atoms with Crippen molar-refractivity contribution in [1.29, 1.82) is 0 Å². The molecule has 0 bridgehead atoms. The van der Waals surface area contributed by atoms with Crippen molar-refractivity contribution >= 4 is 12.4 Å². The van der Waals surface area contributed by atoms with E-state index in [9.17, 15) is 9.50 Å². The predicted octanol–water partition coefficient (Wildman–Crippen LogP) is 1.74. The molecule has 1 atom stereocenters. The minimum atomic E-state index is -0.534. The highest BCUT2D eigenvalue weighted by molar-refractivity contribution is 5.85. The second-order valence-corrected chi connectivity index (χ2v) is 4.35. The molecule has 0 amide bonds. The Kier molecular flexibility index (Phi) is 6.34. The largest absolute Gasteiger partial charge is 0.507 e. The minimum Gasteiger partial charge on any atom is -0.507 e. The molecule has 1 saturated heterocycles. The fourth-order valence-electron chi connectivity index (χ4n) is 2.40. The summed E-state index contributed by atoms with van der Waals surface area (Å²) < 4.78 is 18.6. The number of nitrogens with one attached hydrogen (secondary N) is 1. The molecule has 0 aromatic heterocycles. The molecule has 1 aromatic carbocycles. The van der Waals surface area contributed by atoms with Crippen LogP contribution in [0.4, 0.5) is 4.39 Å². The summed E-state index contributed by atoms with van der Waals surface area (Å²) in [5, 5.41) is 13.2. The van der Waals surface area contributed by atoms with E-state index in [1.807, 2.05) is 4.90 Å². The van der Waals surface area contributed by atoms with Crippen LogP contribution >= 0.6 is 12.4 Å². The van der Waals surface area contributed by atoms with Crippen molar-refractivity contribution in [2.75, 3.05) is 40.0 Å². The number of ether oxygens (including phenoxy) is 1. The van der Waals surface area contributed by atoms with Crippen LogP contribution in [0.25, 0.3) is 0 Å². The zero-order valence-corrected chi connectivity index (χ0v) is 11.8. The van der Waals surface area contributed by atoms with Gasteiger partial charge in [-0.2, -0.15) is 0 Å². The van der Waals surface area contributed by atoms with Gasteiger partial charge in [0, 0.05) is 26.2 Å². The van der Waals surface area contributed by atoms with E-state index in [1.165, 1.54) is 7.11 Å². The zero-order chi connectivity index (χ0) is 13.0. The number of benzene rings is 1. The SMILES string of the molecule is COc1cccc(O)c1[C@@H](CF)N1CCNCC1.Cl. The van der Waals surface area contributed by atoms with Gasteiger partial charge < -0.3 is 15.2 Å². The van der Waals surface area contributed by atoms with Gasteiger partial charge in [0.1, 0.15) is 18.2 Å². The molecule has 108 valence electrons. The highest BCUT2D eigenvalue weighted by Crippen LogP contribution is 2.36. The van der Waals surface area contributed by atoms with E-state index in [0.717, 1.165) is 26.2 Å². The van der Waals surface area contributed by atoms with Crippen LogP contribution in [0.1, 0.15) is 11.6 Å². The Morgan fingerprint density at radius 2 is 2.11 bits per heavy atom. The quantitative estimate of drug-likeness (QED) is 0.887. The lowest BCUT2D eigenvalue weighted by molar-refractivity contribution is 0.142. The van der Waals surface area contributed by atoms with Gasteiger partial charge in [-0.1, -0.05) is 6.07 Å². The average molecular weight is 291 g/mol. The van der Waals surface area contributed by atoms with Crippen LogP contribution in [-0.2, 0) is 0 Å². The Bertz CT molecular complexity index is 400. The van der Waals surface area contributed by atoms with Crippen LogP contribution in [0.3, 0.4) is 0 Å². The van der Waals surface area contributed by atoms with Crippen LogP contribution < -0.4 is 10.1 Å². The van der Waals surface area contributed by atoms with Gasteiger partial charge in [-0.05, 0) is 12.1 Å². The lowest BCUT2D eigenvalue weighted by atomic mass is 10.0. The lowest BCUT2D eigenvalue weighted by Crippen LogP contribution is -2.45. The summed E-state index contributed by atoms with van der Waals surface area (Å²) in [5.74, 6) is 0.631. The first-order valence-corrected chi connectivity index (χ1v) is 6.14. The number of nitrogens with zero attached hydrogens (tertiary/aromatic N) is 1. The molecule has 2 rings (SSSR count). The summed E-state index contributed by atoms with van der Waals surface area (Å²) in [4.78, 5) is 2.04. The van der Waals surface area contributed by atoms with E-state index >= 15 is 0 Å². The van der Waals surface area contributed by atoms with Crippen molar-refractivity contribution in [3.05, 3.63) is 23.8 Å². The lowest BCUT2D eigenvalue weighted by Gasteiger charge is -2.34. The fraction of sp³-hybridized carbons (Fsp3) is 0.538. The molecule has 0 saturated carbocycles. The van der Waals surface area contributed by atoms with E-state index < -0.39 is 12.7 Å². The van der Waals surface area contributed by atoms with Crippen LogP contribution in [0, 0.1) is 0 Å². The standard InChI is InChI=1S/C13H19FN2O2.ClH/c1-18-12-4-2-3-11(17)13(12)10(9-14)16-7-5-15-6-8-16;/h2-4,10,15,17H,5-9H2,1H3;1H/t10-;/m1./s1. The van der Waals surface area contributed by atoms with Crippen molar-refractivity contribution < 1.29 is 14.2 Å². The first-order chi connectivity index (χ1) is 8.77. The van der Waals surface area contributed by atoms with E-state index in [1.54, 1.807) is 18.2 Å². The average Bonchev–Trinajstić information content (AvgIpc) is 2.42. The molecule has 0 radical (unpaired) electrons. The summed E-state index contributed by atoms with van der Waals surface area (Å²) in [6, 6.07) is 4.58. The second kappa shape index (κ2) is 7.53. The molecule has 6 heteroatoms. The third-order valence-electron chi connectivity index (χ3n) is 3.33. The maximum atomic E-state index is 13.4. The van der Waals surface area contributed by atoms with E-state index in [-0.39, 0.29) is 18.2 Å². The number of hydrogen-bond acceptors (Lipinski definition) is 4. The molecule has 19 heavy (non-hydrogen) atoms. The molecule has 0 unspecified atom stereocenters. The normalized spacial score (nSPS) is 17.6. The number of hydrogen-bond donors (Lipinski definition) is 2. The van der Waals surface area contributed by atoms with Crippen molar-refractivity contribution in [2.45, 2.75) is 6.04 Å². The molecular formula is C13H20ClFN2O2. The Morgan fingerprint density at radius 1 is 1.42 bits per heavy atom. The van der Waals surface area contributed by atoms with Gasteiger partial charge in [-0.3, -0.25) is 4.90 Å². The number of phenolic OH excluding ortho intramolecular Hbond substituents is 1. The van der Waals surface area contributed by atoms with Crippen LogP contribution in [-0.4, -0.2) is 50.0 Å². The number of alkyl halides is 1. The highest BCUT2D eigenvalue weighted by atomic mass is 35.5. The number of methoxy groups -OCH3 is 1. The summed E-state index contributed by atoms with van der Waals surface area (Å²) >= 11 is 0. The first-order valence-electron chi connectivity index (χ1n) is 6.14. The van der Waals surface area contributed by atoms with Gasteiger partial charge >= 0.3 is 0 Å². The number of rotatable bonds is 4. The molecule has 0 aliphatic carbocycles. The van der Waals surface area contributed by atoms with Gasteiger partial charge in [0.05, 0.1) is 18.7 Å². The maximum Gasteiger partial charge on any atom is 0.127 e. The Balaban J connectivity index is 0.00000180. The van der Waals surface area contributed by atoms with Crippen molar-refractivity contribution in [3.63, 3.8) is 0 Å². The minimum absolute atomic E-state index is 0. The monoisotopic (exact) mass is 290 g/mol. The molecule has 1 aliphatic rings. The van der Waals surface area contributed by atoms with Crippen molar-refractivity contribution in [2.24, 2.45) is 0 Å². The number of halogens is 2. The van der Waals surface area contributed by atoms with Crippen LogP contribution in [0.2, 0.25) is 0 Å². The number of piperazine rings is 1. The van der Waals surface area contributed by atoms with E-state index in [4.69, 9.17) is 4.74 Å². The van der Waals surface area contributed by atoms with Gasteiger partial charge in [0.25, 0.3) is 0 Å². The first kappa shape index (κ1) is 16.0. The number of phenols is 1. The zero-order valence-electron chi connectivity index (χ0n) is 10.9. The molecule has 1 fully saturated rings. The Morgan fingerprint density at radius 3 is 2.68 bits per heavy atom.